The fourth-order valence-electron chi connectivity index (χ4n) is 1.42. The van der Waals surface area contributed by atoms with E-state index in [1.807, 2.05) is 11.3 Å². The van der Waals surface area contributed by atoms with Crippen LogP contribution in [0.3, 0.4) is 0 Å². The predicted molar refractivity (Wildman–Crippen MR) is 69.8 cm³/mol. The first kappa shape index (κ1) is 13.2. The number of ether oxygens (including phenoxy) is 1. The van der Waals surface area contributed by atoms with Gasteiger partial charge in [-0.3, -0.25) is 0 Å². The van der Waals surface area contributed by atoms with E-state index >= 15 is 0 Å². The molecule has 0 aliphatic carbocycles. The number of halogens is 1. The van der Waals surface area contributed by atoms with Crippen molar-refractivity contribution in [2.45, 2.75) is 25.8 Å². The Morgan fingerprint density at radius 1 is 1.53 bits per heavy atom. The van der Waals surface area contributed by atoms with Gasteiger partial charge < -0.3 is 10.1 Å². The van der Waals surface area contributed by atoms with Gasteiger partial charge in [0.25, 0.3) is 0 Å². The van der Waals surface area contributed by atoms with E-state index in [4.69, 9.17) is 4.74 Å². The third-order valence-corrected chi connectivity index (χ3v) is 4.65. The number of hydrogen-bond acceptors (Lipinski definition) is 3. The quantitative estimate of drug-likeness (QED) is 0.813. The van der Waals surface area contributed by atoms with Crippen LogP contribution < -0.4 is 5.32 Å². The maximum atomic E-state index is 5.02. The predicted octanol–water partition coefficient (Wildman–Crippen LogP) is 3.24. The average molecular weight is 292 g/mol. The Balaban J connectivity index is 2.46. The molecule has 0 spiro atoms. The van der Waals surface area contributed by atoms with Crippen molar-refractivity contribution in [2.75, 3.05) is 20.3 Å². The van der Waals surface area contributed by atoms with Crippen molar-refractivity contribution >= 4 is 27.3 Å². The lowest BCUT2D eigenvalue weighted by Gasteiger charge is -2.20. The van der Waals surface area contributed by atoms with E-state index in [0.29, 0.717) is 12.0 Å². The highest BCUT2D eigenvalue weighted by molar-refractivity contribution is 9.10. The summed E-state index contributed by atoms with van der Waals surface area (Å²) < 4.78 is 6.24. The van der Waals surface area contributed by atoms with Crippen molar-refractivity contribution in [3.05, 3.63) is 20.8 Å². The van der Waals surface area contributed by atoms with Crippen LogP contribution in [-0.2, 0) is 4.74 Å². The van der Waals surface area contributed by atoms with Gasteiger partial charge in [-0.05, 0) is 34.3 Å². The average Bonchev–Trinajstić information content (AvgIpc) is 2.63. The lowest BCUT2D eigenvalue weighted by atomic mass is 10.0. The Morgan fingerprint density at radius 3 is 2.80 bits per heavy atom. The molecule has 2 unspecified atom stereocenters. The van der Waals surface area contributed by atoms with Gasteiger partial charge in [0, 0.05) is 35.0 Å². The van der Waals surface area contributed by atoms with Crippen LogP contribution in [0.1, 0.15) is 24.6 Å². The zero-order valence-corrected chi connectivity index (χ0v) is 11.8. The molecule has 86 valence electrons. The number of rotatable bonds is 6. The van der Waals surface area contributed by atoms with Gasteiger partial charge in [0.15, 0.2) is 0 Å². The molecule has 0 aliphatic rings. The lowest BCUT2D eigenvalue weighted by Crippen LogP contribution is -2.33. The minimum Gasteiger partial charge on any atom is -0.383 e. The maximum Gasteiger partial charge on any atom is 0.0587 e. The van der Waals surface area contributed by atoms with E-state index in [1.54, 1.807) is 7.11 Å². The molecule has 2 atom stereocenters. The monoisotopic (exact) mass is 291 g/mol. The van der Waals surface area contributed by atoms with Crippen molar-refractivity contribution in [3.8, 4) is 0 Å². The van der Waals surface area contributed by atoms with Crippen molar-refractivity contribution in [1.29, 1.82) is 0 Å². The maximum absolute atomic E-state index is 5.02. The molecule has 1 aromatic rings. The number of thiophene rings is 1. The molecule has 0 saturated carbocycles. The van der Waals surface area contributed by atoms with Crippen LogP contribution in [0.5, 0.6) is 0 Å². The summed E-state index contributed by atoms with van der Waals surface area (Å²) in [6.07, 6.45) is 0. The van der Waals surface area contributed by atoms with Crippen LogP contribution >= 0.6 is 27.3 Å². The van der Waals surface area contributed by atoms with Crippen LogP contribution in [-0.4, -0.2) is 26.3 Å². The van der Waals surface area contributed by atoms with Crippen LogP contribution in [0.25, 0.3) is 0 Å². The van der Waals surface area contributed by atoms with E-state index in [1.165, 1.54) is 9.35 Å². The van der Waals surface area contributed by atoms with Crippen LogP contribution in [0, 0.1) is 0 Å². The second-order valence-electron chi connectivity index (χ2n) is 3.66. The fourth-order valence-corrected chi connectivity index (χ4v) is 3.32. The molecule has 0 aromatic carbocycles. The molecular formula is C11H18BrNOS. The molecule has 0 bridgehead atoms. The van der Waals surface area contributed by atoms with Gasteiger partial charge in [-0.1, -0.05) is 6.92 Å². The second kappa shape index (κ2) is 6.63. The molecule has 0 amide bonds. The van der Waals surface area contributed by atoms with E-state index in [9.17, 15) is 0 Å². The molecule has 0 radical (unpaired) electrons. The summed E-state index contributed by atoms with van der Waals surface area (Å²) in [6.45, 7) is 6.14. The van der Waals surface area contributed by atoms with E-state index in [0.717, 1.165) is 13.2 Å². The van der Waals surface area contributed by atoms with E-state index in [-0.39, 0.29) is 0 Å². The molecule has 1 heterocycles. The topological polar surface area (TPSA) is 21.3 Å². The van der Waals surface area contributed by atoms with Crippen LogP contribution in [0.15, 0.2) is 15.9 Å². The molecule has 1 aromatic heterocycles. The smallest absolute Gasteiger partial charge is 0.0587 e. The Morgan fingerprint density at radius 2 is 2.27 bits per heavy atom. The van der Waals surface area contributed by atoms with Gasteiger partial charge in [0.1, 0.15) is 0 Å². The molecule has 0 fully saturated rings. The number of methoxy groups -OCH3 is 1. The van der Waals surface area contributed by atoms with Crippen molar-refractivity contribution in [2.24, 2.45) is 0 Å². The van der Waals surface area contributed by atoms with E-state index < -0.39 is 0 Å². The summed E-state index contributed by atoms with van der Waals surface area (Å²) in [7, 11) is 1.73. The van der Waals surface area contributed by atoms with Crippen LogP contribution in [0.4, 0.5) is 0 Å². The summed E-state index contributed by atoms with van der Waals surface area (Å²) in [4.78, 5) is 1.41. The first-order valence-electron chi connectivity index (χ1n) is 5.12. The summed E-state index contributed by atoms with van der Waals surface area (Å²) in [5.41, 5.74) is 0. The normalized spacial score (nSPS) is 15.2. The van der Waals surface area contributed by atoms with Crippen molar-refractivity contribution < 1.29 is 4.74 Å². The second-order valence-corrected chi connectivity index (χ2v) is 5.46. The molecule has 0 aliphatic heterocycles. The highest BCUT2D eigenvalue weighted by atomic mass is 79.9. The third-order valence-electron chi connectivity index (χ3n) is 2.58. The van der Waals surface area contributed by atoms with Gasteiger partial charge in [0.05, 0.1) is 6.61 Å². The SMILES string of the molecule is COCCNC(C)C(C)c1sccc1Br. The molecule has 1 rings (SSSR count). The summed E-state index contributed by atoms with van der Waals surface area (Å²) in [5, 5.41) is 5.58. The molecule has 0 saturated heterocycles. The largest absolute Gasteiger partial charge is 0.383 e. The Bertz CT molecular complexity index is 290. The molecule has 15 heavy (non-hydrogen) atoms. The van der Waals surface area contributed by atoms with Gasteiger partial charge in [-0.2, -0.15) is 0 Å². The van der Waals surface area contributed by atoms with Gasteiger partial charge >= 0.3 is 0 Å². The molecule has 1 N–H and O–H groups in total. The van der Waals surface area contributed by atoms with E-state index in [2.05, 4.69) is 46.5 Å². The zero-order chi connectivity index (χ0) is 11.3. The molecule has 4 heteroatoms. The minimum atomic E-state index is 0.468. The van der Waals surface area contributed by atoms with Crippen molar-refractivity contribution in [1.82, 2.24) is 5.32 Å². The fraction of sp³-hybridized carbons (Fsp3) is 0.636. The highest BCUT2D eigenvalue weighted by Gasteiger charge is 2.17. The highest BCUT2D eigenvalue weighted by Crippen LogP contribution is 2.31. The van der Waals surface area contributed by atoms with Gasteiger partial charge in [-0.15, -0.1) is 11.3 Å². The Labute approximate surface area is 104 Å². The Hall–Kier alpha value is 0.100. The van der Waals surface area contributed by atoms with Crippen molar-refractivity contribution in [3.63, 3.8) is 0 Å². The van der Waals surface area contributed by atoms with Crippen LogP contribution in [0.2, 0.25) is 0 Å². The van der Waals surface area contributed by atoms with Gasteiger partial charge in [-0.25, -0.2) is 0 Å². The Kier molecular flexibility index (Phi) is 5.82. The summed E-state index contributed by atoms with van der Waals surface area (Å²) >= 11 is 5.38. The summed E-state index contributed by atoms with van der Waals surface area (Å²) in [6, 6.07) is 2.58. The first-order valence-corrected chi connectivity index (χ1v) is 6.79. The third kappa shape index (κ3) is 3.87. The van der Waals surface area contributed by atoms with Gasteiger partial charge in [0.2, 0.25) is 0 Å². The molecule has 2 nitrogen and oxygen atoms in total. The molecular weight excluding hydrogens is 274 g/mol. The minimum absolute atomic E-state index is 0.468. The number of nitrogens with one attached hydrogen (secondary N) is 1. The zero-order valence-electron chi connectivity index (χ0n) is 9.42. The lowest BCUT2D eigenvalue weighted by molar-refractivity contribution is 0.195. The standard InChI is InChI=1S/C11H18BrNOS/c1-8(9(2)13-5-6-14-3)11-10(12)4-7-15-11/h4,7-9,13H,5-6H2,1-3H3. The summed E-state index contributed by atoms with van der Waals surface area (Å²) in [5.74, 6) is 0.524. The first-order chi connectivity index (χ1) is 7.16. The number of hydrogen-bond donors (Lipinski definition) is 1.